The molecule has 0 heterocycles. The van der Waals surface area contributed by atoms with E-state index in [1.165, 1.54) is 12.0 Å². The van der Waals surface area contributed by atoms with Gasteiger partial charge >= 0.3 is 0 Å². The Balaban J connectivity index is 2.26. The highest BCUT2D eigenvalue weighted by Crippen LogP contribution is 2.40. The van der Waals surface area contributed by atoms with E-state index in [1.807, 2.05) is 0 Å². The zero-order valence-corrected chi connectivity index (χ0v) is 4.07. The van der Waals surface area contributed by atoms with Gasteiger partial charge in [-0.1, -0.05) is 12.4 Å². The number of allylic oxidation sites excluding steroid dienone is 1. The maximum absolute atomic E-state index is 3.79. The lowest BCUT2D eigenvalue weighted by Gasteiger charge is -1.70. The van der Waals surface area contributed by atoms with Crippen molar-refractivity contribution in [2.24, 2.45) is 0 Å². The molecule has 1 radical (unpaired) electrons. The summed E-state index contributed by atoms with van der Waals surface area (Å²) in [5, 5.41) is 0. The van der Waals surface area contributed by atoms with Crippen LogP contribution < -0.4 is 0 Å². The molecular weight excluding hydrogens is 70.9 g/mol. The van der Waals surface area contributed by atoms with Crippen LogP contribution in [0.15, 0.2) is 12.2 Å². The van der Waals surface area contributed by atoms with Gasteiger partial charge in [-0.15, -0.1) is 6.58 Å². The zero-order chi connectivity index (χ0) is 4.57. The van der Waals surface area contributed by atoms with Crippen LogP contribution in [-0.4, -0.2) is 7.28 Å². The Bertz CT molecular complexity index is 76.0. The van der Waals surface area contributed by atoms with Gasteiger partial charge in [0, 0.05) is 0 Å². The molecule has 1 aliphatic carbocycles. The molecule has 31 valence electrons. The molecule has 0 N–H and O–H groups in total. The van der Waals surface area contributed by atoms with Crippen LogP contribution in [0, 0.1) is 0 Å². The first kappa shape index (κ1) is 3.98. The van der Waals surface area contributed by atoms with Crippen molar-refractivity contribution in [1.29, 1.82) is 0 Å². The van der Waals surface area contributed by atoms with Crippen molar-refractivity contribution in [3.8, 4) is 0 Å². The van der Waals surface area contributed by atoms with E-state index in [2.05, 4.69) is 20.7 Å². The molecule has 1 atom stereocenters. The van der Waals surface area contributed by atoms with Crippen molar-refractivity contribution < 1.29 is 0 Å². The van der Waals surface area contributed by atoms with Crippen LogP contribution in [0.3, 0.4) is 0 Å². The predicted molar refractivity (Wildman–Crippen MR) is 29.1 cm³/mol. The van der Waals surface area contributed by atoms with Crippen molar-refractivity contribution >= 4 is 7.28 Å². The van der Waals surface area contributed by atoms with E-state index in [0.717, 1.165) is 5.82 Å². The number of rotatable bonds is 1. The lowest BCUT2D eigenvalue weighted by atomic mass is 9.75. The second-order valence-electron chi connectivity index (χ2n) is 1.80. The fourth-order valence-corrected chi connectivity index (χ4v) is 0.577. The monoisotopic (exact) mass is 79.1 g/mol. The number of hydrogen-bond donors (Lipinski definition) is 0. The molecule has 0 nitrogen and oxygen atoms in total. The summed E-state index contributed by atoms with van der Waals surface area (Å²) in [5.74, 6) is 0.782. The first-order chi connectivity index (χ1) is 2.84. The molecule has 1 heteroatoms. The highest BCUT2D eigenvalue weighted by Gasteiger charge is 2.24. The third-order valence-corrected chi connectivity index (χ3v) is 1.25. The van der Waals surface area contributed by atoms with E-state index in [1.54, 1.807) is 0 Å². The van der Waals surface area contributed by atoms with E-state index in [-0.39, 0.29) is 0 Å². The summed E-state index contributed by atoms with van der Waals surface area (Å²) >= 11 is 0. The van der Waals surface area contributed by atoms with Crippen LogP contribution in [0.2, 0.25) is 12.6 Å². The minimum absolute atomic E-state index is 0.782. The highest BCUT2D eigenvalue weighted by molar-refractivity contribution is 6.38. The minimum atomic E-state index is 0.782. The summed E-state index contributed by atoms with van der Waals surface area (Å²) < 4.78 is 0. The third-order valence-electron chi connectivity index (χ3n) is 1.25. The average molecular weight is 78.9 g/mol. The molecule has 0 aromatic rings. The molecule has 0 saturated heterocycles. The maximum atomic E-state index is 3.79. The Morgan fingerprint density at radius 1 is 2.00 bits per heavy atom. The molecule has 1 unspecified atom stereocenters. The highest BCUT2D eigenvalue weighted by atomic mass is 14.2. The molecule has 1 rings (SSSR count). The van der Waals surface area contributed by atoms with Crippen LogP contribution in [0.25, 0.3) is 0 Å². The standard InChI is InChI=1S/C5H8B/c1-4-3-5(4)6-2/h5H,1,3H2,2H3. The Kier molecular flexibility index (Phi) is 0.757. The molecule has 1 saturated carbocycles. The van der Waals surface area contributed by atoms with Gasteiger partial charge in [-0.05, 0) is 12.2 Å². The molecule has 0 aromatic heterocycles. The first-order valence-electron chi connectivity index (χ1n) is 2.31. The van der Waals surface area contributed by atoms with Crippen molar-refractivity contribution in [2.45, 2.75) is 19.1 Å². The summed E-state index contributed by atoms with van der Waals surface area (Å²) in [6, 6.07) is 0. The molecule has 0 aliphatic heterocycles. The van der Waals surface area contributed by atoms with E-state index < -0.39 is 0 Å². The fourth-order valence-electron chi connectivity index (χ4n) is 0.577. The lowest BCUT2D eigenvalue weighted by molar-refractivity contribution is 1.45. The van der Waals surface area contributed by atoms with Crippen molar-refractivity contribution in [1.82, 2.24) is 0 Å². The van der Waals surface area contributed by atoms with Crippen molar-refractivity contribution in [3.05, 3.63) is 12.2 Å². The van der Waals surface area contributed by atoms with Gasteiger partial charge in [0.2, 0.25) is 0 Å². The molecule has 0 aromatic carbocycles. The summed E-state index contributed by atoms with van der Waals surface area (Å²) in [5.41, 5.74) is 1.40. The molecule has 1 fully saturated rings. The quantitative estimate of drug-likeness (QED) is 0.330. The average Bonchev–Trinajstić information content (AvgIpc) is 2.19. The van der Waals surface area contributed by atoms with Gasteiger partial charge in [0.1, 0.15) is 7.28 Å². The maximum Gasteiger partial charge on any atom is 0.116 e. The van der Waals surface area contributed by atoms with Gasteiger partial charge in [-0.25, -0.2) is 0 Å². The van der Waals surface area contributed by atoms with E-state index in [4.69, 9.17) is 0 Å². The van der Waals surface area contributed by atoms with Crippen LogP contribution in [0.5, 0.6) is 0 Å². The fraction of sp³-hybridized carbons (Fsp3) is 0.600. The lowest BCUT2D eigenvalue weighted by Crippen LogP contribution is -1.73. The first-order valence-corrected chi connectivity index (χ1v) is 2.31. The van der Waals surface area contributed by atoms with Gasteiger partial charge in [0.15, 0.2) is 0 Å². The Morgan fingerprint density at radius 3 is 2.50 bits per heavy atom. The smallest absolute Gasteiger partial charge is 0.100 e. The van der Waals surface area contributed by atoms with E-state index in [0.29, 0.717) is 0 Å². The van der Waals surface area contributed by atoms with Gasteiger partial charge < -0.3 is 0 Å². The van der Waals surface area contributed by atoms with Crippen LogP contribution in [0.4, 0.5) is 0 Å². The van der Waals surface area contributed by atoms with Gasteiger partial charge in [0.25, 0.3) is 0 Å². The largest absolute Gasteiger partial charge is 0.116 e. The van der Waals surface area contributed by atoms with Crippen LogP contribution in [0.1, 0.15) is 6.42 Å². The van der Waals surface area contributed by atoms with Crippen LogP contribution >= 0.6 is 0 Å². The SMILES string of the molecule is C=C1CC1[B]C. The summed E-state index contributed by atoms with van der Waals surface area (Å²) in [6.07, 6.45) is 1.25. The van der Waals surface area contributed by atoms with E-state index in [9.17, 15) is 0 Å². The Labute approximate surface area is 39.5 Å². The van der Waals surface area contributed by atoms with Gasteiger partial charge in [-0.2, -0.15) is 0 Å². The van der Waals surface area contributed by atoms with Gasteiger partial charge in [-0.3, -0.25) is 0 Å². The van der Waals surface area contributed by atoms with Gasteiger partial charge in [0.05, 0.1) is 0 Å². The van der Waals surface area contributed by atoms with Crippen LogP contribution in [-0.2, 0) is 0 Å². The minimum Gasteiger partial charge on any atom is -0.100 e. The molecule has 0 spiro atoms. The second-order valence-corrected chi connectivity index (χ2v) is 1.80. The second kappa shape index (κ2) is 1.14. The molecule has 0 amide bonds. The van der Waals surface area contributed by atoms with Crippen molar-refractivity contribution in [3.63, 3.8) is 0 Å². The normalized spacial score (nSPS) is 30.2. The summed E-state index contributed by atoms with van der Waals surface area (Å²) in [6.45, 7) is 5.87. The molecule has 6 heavy (non-hydrogen) atoms. The molecular formula is C5H8B. The zero-order valence-electron chi connectivity index (χ0n) is 4.07. The topological polar surface area (TPSA) is 0 Å². The van der Waals surface area contributed by atoms with Crippen molar-refractivity contribution in [2.75, 3.05) is 0 Å². The Hall–Kier alpha value is -0.195. The number of hydrogen-bond acceptors (Lipinski definition) is 0. The Morgan fingerprint density at radius 2 is 2.50 bits per heavy atom. The predicted octanol–water partition coefficient (Wildman–Crippen LogP) is 1.49. The summed E-state index contributed by atoms with van der Waals surface area (Å²) in [4.78, 5) is 0. The summed E-state index contributed by atoms with van der Waals surface area (Å²) in [7, 11) is 2.20. The molecule has 0 bridgehead atoms. The third kappa shape index (κ3) is 0.491. The molecule has 1 aliphatic rings. The van der Waals surface area contributed by atoms with E-state index >= 15 is 0 Å².